The number of rotatable bonds is 6. The van der Waals surface area contributed by atoms with Crippen molar-refractivity contribution in [2.45, 2.75) is 13.1 Å². The standard InChI is InChI=1S/C16H19ClF3N5/c1-10-8-14(21-6-7-25(2)3)24-15(22-10)23-13-9-11(16(18,19)20)4-5-12(13)17/h4-5,8-9H,6-7H2,1-3H3,(H2,21,22,23,24). The lowest BCUT2D eigenvalue weighted by Gasteiger charge is -2.14. The normalized spacial score (nSPS) is 11.7. The molecule has 0 spiro atoms. The Bertz CT molecular complexity index is 734. The summed E-state index contributed by atoms with van der Waals surface area (Å²) in [6.45, 7) is 3.26. The Balaban J connectivity index is 2.21. The summed E-state index contributed by atoms with van der Waals surface area (Å²) in [5.41, 5.74) is -0.0225. The minimum absolute atomic E-state index is 0.0985. The average Bonchev–Trinajstić information content (AvgIpc) is 2.47. The molecule has 0 saturated carbocycles. The topological polar surface area (TPSA) is 53.1 Å². The quantitative estimate of drug-likeness (QED) is 0.795. The van der Waals surface area contributed by atoms with Crippen LogP contribution in [0.4, 0.5) is 30.6 Å². The summed E-state index contributed by atoms with van der Waals surface area (Å²) in [4.78, 5) is 10.5. The Morgan fingerprint density at radius 1 is 1.16 bits per heavy atom. The molecule has 5 nitrogen and oxygen atoms in total. The molecule has 0 saturated heterocycles. The van der Waals surface area contributed by atoms with Gasteiger partial charge in [-0.3, -0.25) is 0 Å². The van der Waals surface area contributed by atoms with Crippen molar-refractivity contribution in [1.82, 2.24) is 14.9 Å². The summed E-state index contributed by atoms with van der Waals surface area (Å²) >= 11 is 5.99. The van der Waals surface area contributed by atoms with Crippen LogP contribution < -0.4 is 10.6 Å². The van der Waals surface area contributed by atoms with E-state index < -0.39 is 11.7 Å². The van der Waals surface area contributed by atoms with Gasteiger partial charge in [-0.25, -0.2) is 4.98 Å². The molecule has 0 aliphatic rings. The van der Waals surface area contributed by atoms with Gasteiger partial charge in [0.1, 0.15) is 5.82 Å². The number of anilines is 3. The van der Waals surface area contributed by atoms with Gasteiger partial charge in [-0.1, -0.05) is 11.6 Å². The van der Waals surface area contributed by atoms with Crippen molar-refractivity contribution in [2.24, 2.45) is 0 Å². The minimum atomic E-state index is -4.45. The van der Waals surface area contributed by atoms with Crippen LogP contribution in [0.5, 0.6) is 0 Å². The lowest BCUT2D eigenvalue weighted by Crippen LogP contribution is -2.21. The number of likely N-dealkylation sites (N-methyl/N-ethyl adjacent to an activating group) is 1. The van der Waals surface area contributed by atoms with Gasteiger partial charge < -0.3 is 15.5 Å². The Labute approximate surface area is 149 Å². The van der Waals surface area contributed by atoms with Gasteiger partial charge in [0.2, 0.25) is 5.95 Å². The Morgan fingerprint density at radius 3 is 2.52 bits per heavy atom. The lowest BCUT2D eigenvalue weighted by molar-refractivity contribution is -0.137. The van der Waals surface area contributed by atoms with Crippen molar-refractivity contribution < 1.29 is 13.2 Å². The first-order valence-electron chi connectivity index (χ1n) is 7.53. The van der Waals surface area contributed by atoms with Gasteiger partial charge in [0, 0.05) is 24.8 Å². The van der Waals surface area contributed by atoms with Gasteiger partial charge in [-0.05, 0) is 39.2 Å². The largest absolute Gasteiger partial charge is 0.416 e. The van der Waals surface area contributed by atoms with Crippen molar-refractivity contribution in [3.8, 4) is 0 Å². The van der Waals surface area contributed by atoms with Gasteiger partial charge in [-0.2, -0.15) is 18.2 Å². The number of aromatic nitrogens is 2. The van der Waals surface area contributed by atoms with Crippen molar-refractivity contribution >= 4 is 29.1 Å². The molecule has 25 heavy (non-hydrogen) atoms. The Hall–Kier alpha value is -2.06. The van der Waals surface area contributed by atoms with Gasteiger partial charge in [0.05, 0.1) is 16.3 Å². The van der Waals surface area contributed by atoms with Crippen LogP contribution in [-0.4, -0.2) is 42.1 Å². The molecular formula is C16H19ClF3N5. The fraction of sp³-hybridized carbons (Fsp3) is 0.375. The van der Waals surface area contributed by atoms with E-state index in [1.54, 1.807) is 13.0 Å². The van der Waals surface area contributed by atoms with Crippen LogP contribution >= 0.6 is 11.6 Å². The fourth-order valence-corrected chi connectivity index (χ4v) is 2.21. The number of nitrogens with one attached hydrogen (secondary N) is 2. The maximum atomic E-state index is 12.9. The third kappa shape index (κ3) is 5.75. The van der Waals surface area contributed by atoms with Crippen molar-refractivity contribution in [3.63, 3.8) is 0 Å². The van der Waals surface area contributed by atoms with Crippen LogP contribution in [-0.2, 0) is 6.18 Å². The van der Waals surface area contributed by atoms with E-state index in [0.29, 0.717) is 18.1 Å². The highest BCUT2D eigenvalue weighted by atomic mass is 35.5. The summed E-state index contributed by atoms with van der Waals surface area (Å²) < 4.78 is 38.6. The Kier molecular flexibility index (Phi) is 6.07. The number of alkyl halides is 3. The molecule has 2 aromatic rings. The molecule has 2 rings (SSSR count). The molecule has 2 N–H and O–H groups in total. The highest BCUT2D eigenvalue weighted by Crippen LogP contribution is 2.34. The van der Waals surface area contributed by atoms with Crippen LogP contribution in [0.3, 0.4) is 0 Å². The third-order valence-electron chi connectivity index (χ3n) is 3.26. The fourth-order valence-electron chi connectivity index (χ4n) is 2.04. The van der Waals surface area contributed by atoms with E-state index in [2.05, 4.69) is 20.6 Å². The van der Waals surface area contributed by atoms with Gasteiger partial charge in [0.15, 0.2) is 0 Å². The number of nitrogens with zero attached hydrogens (tertiary/aromatic N) is 3. The molecule has 0 fully saturated rings. The highest BCUT2D eigenvalue weighted by molar-refractivity contribution is 6.33. The summed E-state index contributed by atoms with van der Waals surface area (Å²) in [6, 6.07) is 4.82. The maximum Gasteiger partial charge on any atom is 0.416 e. The first-order chi connectivity index (χ1) is 11.6. The first-order valence-corrected chi connectivity index (χ1v) is 7.91. The second-order valence-electron chi connectivity index (χ2n) is 5.77. The molecule has 1 aromatic carbocycles. The van der Waals surface area contributed by atoms with Crippen LogP contribution in [0, 0.1) is 6.92 Å². The molecule has 1 aromatic heterocycles. The van der Waals surface area contributed by atoms with E-state index in [9.17, 15) is 13.2 Å². The van der Waals surface area contributed by atoms with E-state index in [-0.39, 0.29) is 16.7 Å². The molecule has 136 valence electrons. The number of halogens is 4. The third-order valence-corrected chi connectivity index (χ3v) is 3.59. The van der Waals surface area contributed by atoms with Crippen LogP contribution in [0.15, 0.2) is 24.3 Å². The van der Waals surface area contributed by atoms with Crippen LogP contribution in [0.2, 0.25) is 5.02 Å². The first kappa shape index (κ1) is 19.3. The van der Waals surface area contributed by atoms with Gasteiger partial charge in [0.25, 0.3) is 0 Å². The van der Waals surface area contributed by atoms with Crippen molar-refractivity contribution in [3.05, 3.63) is 40.5 Å². The molecule has 0 unspecified atom stereocenters. The van der Waals surface area contributed by atoms with Gasteiger partial charge >= 0.3 is 6.18 Å². The minimum Gasteiger partial charge on any atom is -0.369 e. The molecule has 0 aliphatic carbocycles. The molecule has 0 atom stereocenters. The smallest absolute Gasteiger partial charge is 0.369 e. The summed E-state index contributed by atoms with van der Waals surface area (Å²) in [5, 5.41) is 6.06. The second-order valence-corrected chi connectivity index (χ2v) is 6.17. The highest BCUT2D eigenvalue weighted by Gasteiger charge is 2.31. The molecular weight excluding hydrogens is 355 g/mol. The summed E-state index contributed by atoms with van der Waals surface area (Å²) in [5.74, 6) is 0.758. The predicted octanol–water partition coefficient (Wildman–Crippen LogP) is 4.17. The van der Waals surface area contributed by atoms with Crippen molar-refractivity contribution in [2.75, 3.05) is 37.8 Å². The van der Waals surface area contributed by atoms with E-state index in [0.717, 1.165) is 18.7 Å². The molecule has 9 heteroatoms. The zero-order chi connectivity index (χ0) is 18.6. The summed E-state index contributed by atoms with van der Waals surface area (Å²) in [7, 11) is 3.91. The van der Waals surface area contributed by atoms with Gasteiger partial charge in [-0.15, -0.1) is 0 Å². The zero-order valence-electron chi connectivity index (χ0n) is 14.1. The number of hydrogen-bond acceptors (Lipinski definition) is 5. The molecule has 0 aliphatic heterocycles. The number of hydrogen-bond donors (Lipinski definition) is 2. The second kappa shape index (κ2) is 7.88. The van der Waals surface area contributed by atoms with Crippen LogP contribution in [0.1, 0.15) is 11.3 Å². The molecule has 0 amide bonds. The zero-order valence-corrected chi connectivity index (χ0v) is 14.8. The number of aryl methyl sites for hydroxylation is 1. The van der Waals surface area contributed by atoms with Crippen LogP contribution in [0.25, 0.3) is 0 Å². The van der Waals surface area contributed by atoms with E-state index in [1.807, 2.05) is 19.0 Å². The average molecular weight is 374 g/mol. The van der Waals surface area contributed by atoms with Crippen molar-refractivity contribution in [1.29, 1.82) is 0 Å². The maximum absolute atomic E-state index is 12.9. The van der Waals surface area contributed by atoms with E-state index >= 15 is 0 Å². The summed E-state index contributed by atoms with van der Waals surface area (Å²) in [6.07, 6.45) is -4.45. The SMILES string of the molecule is Cc1cc(NCCN(C)C)nc(Nc2cc(C(F)(F)F)ccc2Cl)n1. The number of benzene rings is 1. The predicted molar refractivity (Wildman–Crippen MR) is 93.5 cm³/mol. The molecule has 0 bridgehead atoms. The Morgan fingerprint density at radius 2 is 1.88 bits per heavy atom. The monoisotopic (exact) mass is 373 g/mol. The van der Waals surface area contributed by atoms with E-state index in [4.69, 9.17) is 11.6 Å². The molecule has 0 radical (unpaired) electrons. The lowest BCUT2D eigenvalue weighted by atomic mass is 10.2. The van der Waals surface area contributed by atoms with E-state index in [1.165, 1.54) is 6.07 Å². The molecule has 1 heterocycles.